The van der Waals surface area contributed by atoms with Gasteiger partial charge >= 0.3 is 0 Å². The van der Waals surface area contributed by atoms with Crippen molar-refractivity contribution < 1.29 is 79.9 Å². The van der Waals surface area contributed by atoms with E-state index in [0.29, 0.717) is 6.42 Å². The summed E-state index contributed by atoms with van der Waals surface area (Å²) in [5, 5.41) is 114. The third-order valence-electron chi connectivity index (χ3n) is 9.50. The lowest BCUT2D eigenvalue weighted by molar-refractivity contribution is -0.381. The maximum absolute atomic E-state index is 11.0. The molecule has 12 N–H and O–H groups in total. The molecule has 17 atom stereocenters. The Kier molecular flexibility index (Phi) is 10.4. The Bertz CT molecular complexity index is 871. The second-order valence-corrected chi connectivity index (χ2v) is 12.4. The first-order chi connectivity index (χ1) is 19.9. The Morgan fingerprint density at radius 3 is 2.00 bits per heavy atom. The molecule has 3 saturated heterocycles. The fourth-order valence-electron chi connectivity index (χ4n) is 7.10. The van der Waals surface area contributed by atoms with Crippen molar-refractivity contribution in [3.63, 3.8) is 0 Å². The summed E-state index contributed by atoms with van der Waals surface area (Å²) < 4.78 is 28.1. The minimum absolute atomic E-state index is 0.0725. The topological polar surface area (TPSA) is 272 Å². The van der Waals surface area contributed by atoms with Crippen LogP contribution in [0.25, 0.3) is 0 Å². The molecule has 0 aromatic heterocycles. The minimum Gasteiger partial charge on any atom is -0.427 e. The standard InChI is InChI=1S/C26H44O16/c27-6-17-20(35)21(36)24(42-25-22(37)19(34)14(32)7-38-25)26(41-17)40-16-5-10-11(29)3-9(28)4-15(10)39-23(16)8-1-12(30)18(33)13(31)2-8/h8-37H,1-7H2/p+1. The molecule has 2 saturated carbocycles. The highest BCUT2D eigenvalue weighted by molar-refractivity contribution is 5.00. The highest BCUT2D eigenvalue weighted by Gasteiger charge is 2.56. The summed E-state index contributed by atoms with van der Waals surface area (Å²) in [5.41, 5.74) is 0. The first-order valence-corrected chi connectivity index (χ1v) is 14.6. The molecule has 0 aromatic rings. The monoisotopic (exact) mass is 613 g/mol. The molecule has 5 rings (SSSR count). The molecular formula is C26H45O16+. The van der Waals surface area contributed by atoms with Gasteiger partial charge in [0.05, 0.1) is 43.5 Å². The van der Waals surface area contributed by atoms with Crippen LogP contribution in [0.15, 0.2) is 0 Å². The van der Waals surface area contributed by atoms with Crippen LogP contribution in [0, 0.1) is 11.8 Å². The lowest BCUT2D eigenvalue weighted by Gasteiger charge is -2.49. The van der Waals surface area contributed by atoms with Gasteiger partial charge in [0, 0.05) is 18.8 Å². The average Bonchev–Trinajstić information content (AvgIpc) is 2.95. The lowest BCUT2D eigenvalue weighted by atomic mass is 9.72. The van der Waals surface area contributed by atoms with Crippen LogP contribution in [0.1, 0.15) is 32.1 Å². The molecule has 0 aromatic carbocycles. The zero-order valence-corrected chi connectivity index (χ0v) is 22.9. The van der Waals surface area contributed by atoms with Crippen molar-refractivity contribution in [2.75, 3.05) is 13.2 Å². The van der Waals surface area contributed by atoms with Gasteiger partial charge in [0.25, 0.3) is 0 Å². The second kappa shape index (κ2) is 13.4. The van der Waals surface area contributed by atoms with E-state index in [1.807, 2.05) is 0 Å². The molecule has 2 aliphatic carbocycles. The van der Waals surface area contributed by atoms with Crippen molar-refractivity contribution in [1.29, 1.82) is 0 Å². The highest BCUT2D eigenvalue weighted by atomic mass is 16.8. The van der Waals surface area contributed by atoms with Crippen LogP contribution in [0.4, 0.5) is 0 Å². The number of hydrogen-bond donors (Lipinski definition) is 11. The molecule has 244 valence electrons. The molecule has 42 heavy (non-hydrogen) atoms. The van der Waals surface area contributed by atoms with E-state index in [-0.39, 0.29) is 25.7 Å². The Morgan fingerprint density at radius 2 is 1.33 bits per heavy atom. The summed E-state index contributed by atoms with van der Waals surface area (Å²) in [4.78, 5) is 0. The number of aliphatic hydroxyl groups excluding tert-OH is 11. The van der Waals surface area contributed by atoms with E-state index in [2.05, 4.69) is 0 Å². The van der Waals surface area contributed by atoms with Crippen molar-refractivity contribution in [3.05, 3.63) is 0 Å². The summed E-state index contributed by atoms with van der Waals surface area (Å²) in [6.07, 6.45) is -20.8. The van der Waals surface area contributed by atoms with Crippen molar-refractivity contribution in [2.24, 2.45) is 11.8 Å². The third-order valence-corrected chi connectivity index (χ3v) is 9.50. The predicted octanol–water partition coefficient (Wildman–Crippen LogP) is -6.07. The van der Waals surface area contributed by atoms with Crippen LogP contribution < -0.4 is 0 Å². The molecule has 3 aliphatic heterocycles. The molecule has 0 amide bonds. The Balaban J connectivity index is 1.40. The summed E-state index contributed by atoms with van der Waals surface area (Å²) in [7, 11) is 0. The molecular weight excluding hydrogens is 568 g/mol. The number of fused-ring (bicyclic) bond motifs is 1. The van der Waals surface area contributed by atoms with Crippen LogP contribution >= 0.6 is 0 Å². The normalized spacial score (nSPS) is 55.6. The number of ether oxygens (including phenoxy) is 5. The van der Waals surface area contributed by atoms with Gasteiger partial charge in [-0.25, -0.2) is 0 Å². The van der Waals surface area contributed by atoms with Gasteiger partial charge in [-0.3, -0.25) is 0 Å². The maximum Gasteiger partial charge on any atom is 0.187 e. The van der Waals surface area contributed by atoms with Crippen LogP contribution in [0.2, 0.25) is 0 Å². The molecule has 0 radical (unpaired) electrons. The van der Waals surface area contributed by atoms with E-state index < -0.39 is 129 Å². The van der Waals surface area contributed by atoms with Crippen LogP contribution in [-0.2, 0) is 18.9 Å². The summed E-state index contributed by atoms with van der Waals surface area (Å²) in [6, 6.07) is 0. The smallest absolute Gasteiger partial charge is 0.187 e. The molecule has 5 aliphatic rings. The SMILES string of the molecule is OCC1OC(OC2CC3C(O)CC(O)CC3[OH+]C2C2CC(O)C(O)C(O)C2)C(OC2OCC(O)C(O)C2O)C(O)C1O. The van der Waals surface area contributed by atoms with Crippen molar-refractivity contribution in [1.82, 2.24) is 0 Å². The average molecular weight is 614 g/mol. The molecule has 5 fully saturated rings. The fraction of sp³-hybridized carbons (Fsp3) is 1.00. The minimum atomic E-state index is -1.73. The van der Waals surface area contributed by atoms with Gasteiger partial charge in [0.15, 0.2) is 24.8 Å². The quantitative estimate of drug-likeness (QED) is 0.124. The van der Waals surface area contributed by atoms with Gasteiger partial charge in [0.1, 0.15) is 54.9 Å². The second-order valence-electron chi connectivity index (χ2n) is 12.4. The van der Waals surface area contributed by atoms with E-state index in [1.165, 1.54) is 0 Å². The molecule has 0 spiro atoms. The zero-order chi connectivity index (χ0) is 30.5. The molecule has 0 bridgehead atoms. The van der Waals surface area contributed by atoms with E-state index in [9.17, 15) is 56.2 Å². The first kappa shape index (κ1) is 32.7. The van der Waals surface area contributed by atoms with Gasteiger partial charge in [-0.05, 0) is 19.3 Å². The Morgan fingerprint density at radius 1 is 0.643 bits per heavy atom. The van der Waals surface area contributed by atoms with Crippen molar-refractivity contribution in [3.8, 4) is 0 Å². The third kappa shape index (κ3) is 6.50. The zero-order valence-electron chi connectivity index (χ0n) is 22.9. The van der Waals surface area contributed by atoms with Gasteiger partial charge in [-0.2, -0.15) is 0 Å². The molecule has 3 heterocycles. The number of rotatable bonds is 6. The van der Waals surface area contributed by atoms with Crippen molar-refractivity contribution in [2.45, 2.75) is 136 Å². The van der Waals surface area contributed by atoms with Crippen LogP contribution in [0.3, 0.4) is 0 Å². The first-order valence-electron chi connectivity index (χ1n) is 14.6. The van der Waals surface area contributed by atoms with Gasteiger partial charge in [0.2, 0.25) is 0 Å². The van der Waals surface area contributed by atoms with Gasteiger partial charge in [-0.15, -0.1) is 0 Å². The number of aliphatic hydroxyl groups is 13. The Hall–Kier alpha value is -0.640. The van der Waals surface area contributed by atoms with E-state index >= 15 is 0 Å². The molecule has 16 nitrogen and oxygen atoms in total. The largest absolute Gasteiger partial charge is 0.427 e. The summed E-state index contributed by atoms with van der Waals surface area (Å²) >= 11 is 0. The number of hydrogen-bond acceptors (Lipinski definition) is 15. The van der Waals surface area contributed by atoms with Gasteiger partial charge < -0.3 is 79.9 Å². The van der Waals surface area contributed by atoms with E-state index in [4.69, 9.17) is 23.7 Å². The van der Waals surface area contributed by atoms with Crippen LogP contribution in [-0.4, -0.2) is 178 Å². The molecule has 17 unspecified atom stereocenters. The molecule has 16 heteroatoms. The van der Waals surface area contributed by atoms with E-state index in [1.54, 1.807) is 0 Å². The summed E-state index contributed by atoms with van der Waals surface area (Å²) in [5.74, 6) is -0.918. The lowest BCUT2D eigenvalue weighted by Crippen LogP contribution is -2.65. The highest BCUT2D eigenvalue weighted by Crippen LogP contribution is 2.42. The summed E-state index contributed by atoms with van der Waals surface area (Å²) in [6.45, 7) is -1.09. The maximum atomic E-state index is 11.0. The fourth-order valence-corrected chi connectivity index (χ4v) is 7.10. The van der Waals surface area contributed by atoms with Crippen molar-refractivity contribution >= 4 is 0 Å². The van der Waals surface area contributed by atoms with E-state index in [0.717, 1.165) is 0 Å². The van der Waals surface area contributed by atoms with Crippen LogP contribution in [0.5, 0.6) is 0 Å². The Labute approximate surface area is 241 Å². The predicted molar refractivity (Wildman–Crippen MR) is 135 cm³/mol. The van der Waals surface area contributed by atoms with Gasteiger partial charge in [-0.1, -0.05) is 0 Å².